The van der Waals surface area contributed by atoms with E-state index in [0.29, 0.717) is 11.4 Å². The molecule has 116 valence electrons. The van der Waals surface area contributed by atoms with Crippen LogP contribution >= 0.6 is 0 Å². The van der Waals surface area contributed by atoms with Crippen LogP contribution in [-0.2, 0) is 0 Å². The molecule has 0 aliphatic rings. The van der Waals surface area contributed by atoms with E-state index in [0.717, 1.165) is 14.9 Å². The van der Waals surface area contributed by atoms with Crippen molar-refractivity contribution in [3.8, 4) is 0 Å². The quantitative estimate of drug-likeness (QED) is 0.736. The molecule has 10 nitrogen and oxygen atoms in total. The maximum Gasteiger partial charge on any atom is 0.348 e. The van der Waals surface area contributed by atoms with Gasteiger partial charge < -0.3 is 10.6 Å². The van der Waals surface area contributed by atoms with Gasteiger partial charge in [-0.2, -0.15) is 19.6 Å². The van der Waals surface area contributed by atoms with Crippen LogP contribution in [0.25, 0.3) is 0 Å². The first-order chi connectivity index (χ1) is 11.1. The van der Waals surface area contributed by atoms with Gasteiger partial charge in [0.05, 0.1) is 0 Å². The van der Waals surface area contributed by atoms with Crippen molar-refractivity contribution < 1.29 is 9.59 Å². The van der Waals surface area contributed by atoms with Crippen LogP contribution in [0.4, 0.5) is 21.0 Å². The molecular weight excluding hydrogens is 300 g/mol. The second-order valence-corrected chi connectivity index (χ2v) is 4.57. The first-order valence-corrected chi connectivity index (χ1v) is 6.56. The number of nitrogens with one attached hydrogen (secondary N) is 2. The lowest BCUT2D eigenvalue weighted by molar-refractivity contribution is 0.250. The van der Waals surface area contributed by atoms with Gasteiger partial charge in [-0.05, 0) is 24.6 Å². The van der Waals surface area contributed by atoms with Crippen LogP contribution in [0.3, 0.4) is 0 Å². The monoisotopic (exact) mass is 312 g/mol. The third-order valence-corrected chi connectivity index (χ3v) is 2.98. The van der Waals surface area contributed by atoms with E-state index in [-0.39, 0.29) is 0 Å². The number of nitrogens with zero attached hydrogens (tertiary/aromatic N) is 6. The minimum absolute atomic E-state index is 0.453. The summed E-state index contributed by atoms with van der Waals surface area (Å²) in [7, 11) is 0. The molecule has 0 atom stereocenters. The van der Waals surface area contributed by atoms with Crippen LogP contribution in [0.5, 0.6) is 0 Å². The van der Waals surface area contributed by atoms with E-state index in [1.165, 1.54) is 25.3 Å². The average molecular weight is 312 g/mol. The molecule has 0 bridgehead atoms. The molecule has 1 aromatic carbocycles. The normalized spacial score (nSPS) is 10.3. The Hall–Kier alpha value is -3.56. The van der Waals surface area contributed by atoms with Gasteiger partial charge in [0.25, 0.3) is 0 Å². The summed E-state index contributed by atoms with van der Waals surface area (Å²) in [5.74, 6) is 0. The Morgan fingerprint density at radius 3 is 2.13 bits per heavy atom. The highest BCUT2D eigenvalue weighted by molar-refractivity contribution is 5.94. The molecule has 2 aromatic heterocycles. The van der Waals surface area contributed by atoms with Crippen LogP contribution in [0.1, 0.15) is 5.56 Å². The number of amides is 2. The number of benzene rings is 1. The van der Waals surface area contributed by atoms with Gasteiger partial charge in [-0.3, -0.25) is 0 Å². The number of hydrogen-bond acceptors (Lipinski definition) is 6. The summed E-state index contributed by atoms with van der Waals surface area (Å²) in [6.07, 6.45) is 5.11. The summed E-state index contributed by atoms with van der Waals surface area (Å²) in [6.45, 7) is 1.83. The highest BCUT2D eigenvalue weighted by Crippen LogP contribution is 2.20. The summed E-state index contributed by atoms with van der Waals surface area (Å²) in [5.41, 5.74) is 1.88. The third kappa shape index (κ3) is 3.20. The van der Waals surface area contributed by atoms with Gasteiger partial charge in [-0.25, -0.2) is 19.6 Å². The number of carbonyl (C=O) groups excluding carboxylic acids is 2. The molecule has 23 heavy (non-hydrogen) atoms. The Balaban J connectivity index is 1.76. The lowest BCUT2D eigenvalue weighted by atomic mass is 10.2. The van der Waals surface area contributed by atoms with Crippen molar-refractivity contribution in [2.24, 2.45) is 0 Å². The molecule has 0 unspecified atom stereocenters. The average Bonchev–Trinajstić information content (AvgIpc) is 3.23. The summed E-state index contributed by atoms with van der Waals surface area (Å²) < 4.78 is 2.13. The molecule has 3 rings (SSSR count). The minimum atomic E-state index is -0.458. The van der Waals surface area contributed by atoms with Crippen LogP contribution in [-0.4, -0.2) is 41.6 Å². The van der Waals surface area contributed by atoms with E-state index in [9.17, 15) is 9.59 Å². The number of carbonyl (C=O) groups is 2. The van der Waals surface area contributed by atoms with Crippen molar-refractivity contribution in [1.82, 2.24) is 29.5 Å². The molecule has 0 saturated heterocycles. The van der Waals surface area contributed by atoms with Gasteiger partial charge in [-0.15, -0.1) is 0 Å². The van der Waals surface area contributed by atoms with Crippen molar-refractivity contribution >= 4 is 23.4 Å². The molecule has 0 aliphatic carbocycles. The number of anilines is 2. The maximum absolute atomic E-state index is 12.0. The number of aryl methyl sites for hydroxylation is 1. The maximum atomic E-state index is 12.0. The van der Waals surface area contributed by atoms with Crippen molar-refractivity contribution in [2.75, 3.05) is 10.6 Å². The van der Waals surface area contributed by atoms with E-state index in [1.54, 1.807) is 18.2 Å². The summed E-state index contributed by atoms with van der Waals surface area (Å²) in [4.78, 5) is 31.3. The number of aromatic nitrogens is 6. The molecule has 0 radical (unpaired) electrons. The molecule has 10 heteroatoms. The van der Waals surface area contributed by atoms with Gasteiger partial charge in [0, 0.05) is 11.4 Å². The van der Waals surface area contributed by atoms with Crippen LogP contribution < -0.4 is 10.6 Å². The number of hydrogen-bond donors (Lipinski definition) is 2. The third-order valence-electron chi connectivity index (χ3n) is 2.98. The second kappa shape index (κ2) is 6.05. The second-order valence-electron chi connectivity index (χ2n) is 4.57. The fourth-order valence-electron chi connectivity index (χ4n) is 1.81. The van der Waals surface area contributed by atoms with E-state index in [1.807, 2.05) is 6.92 Å². The fraction of sp³-hybridized carbons (Fsp3) is 0.0769. The largest absolute Gasteiger partial charge is 0.348 e. The SMILES string of the molecule is Cc1ccc(NC(=O)n2cncn2)cc1NC(=O)n1cncn1. The Morgan fingerprint density at radius 1 is 0.957 bits per heavy atom. The van der Waals surface area contributed by atoms with Gasteiger partial charge in [0.15, 0.2) is 0 Å². The van der Waals surface area contributed by atoms with Gasteiger partial charge >= 0.3 is 12.1 Å². The Labute approximate surface area is 130 Å². The Morgan fingerprint density at radius 2 is 1.57 bits per heavy atom. The van der Waals surface area contributed by atoms with Crippen molar-refractivity contribution in [2.45, 2.75) is 6.92 Å². The van der Waals surface area contributed by atoms with Crippen LogP contribution in [0, 0.1) is 6.92 Å². The zero-order valence-corrected chi connectivity index (χ0v) is 12.0. The lowest BCUT2D eigenvalue weighted by Crippen LogP contribution is -2.21. The molecular formula is C13H12N8O2. The van der Waals surface area contributed by atoms with Gasteiger partial charge in [-0.1, -0.05) is 6.07 Å². The van der Waals surface area contributed by atoms with Crippen molar-refractivity contribution in [1.29, 1.82) is 0 Å². The lowest BCUT2D eigenvalue weighted by Gasteiger charge is -2.11. The molecule has 2 N–H and O–H groups in total. The zero-order chi connectivity index (χ0) is 16.2. The first kappa shape index (κ1) is 14.4. The summed E-state index contributed by atoms with van der Waals surface area (Å²) in [6, 6.07) is 4.22. The predicted molar refractivity (Wildman–Crippen MR) is 80.1 cm³/mol. The number of rotatable bonds is 2. The highest BCUT2D eigenvalue weighted by atomic mass is 16.2. The topological polar surface area (TPSA) is 120 Å². The molecule has 2 heterocycles. The Bertz CT molecular complexity index is 826. The summed E-state index contributed by atoms with van der Waals surface area (Å²) >= 11 is 0. The zero-order valence-electron chi connectivity index (χ0n) is 12.0. The van der Waals surface area contributed by atoms with Crippen molar-refractivity contribution in [3.63, 3.8) is 0 Å². The highest BCUT2D eigenvalue weighted by Gasteiger charge is 2.10. The molecule has 0 saturated carbocycles. The van der Waals surface area contributed by atoms with Crippen molar-refractivity contribution in [3.05, 3.63) is 49.1 Å². The molecule has 2 amide bonds. The van der Waals surface area contributed by atoms with Crippen LogP contribution in [0.2, 0.25) is 0 Å². The molecule has 0 fully saturated rings. The predicted octanol–water partition coefficient (Wildman–Crippen LogP) is 1.34. The van der Waals surface area contributed by atoms with E-state index in [2.05, 4.69) is 30.8 Å². The minimum Gasteiger partial charge on any atom is -0.306 e. The Kier molecular flexibility index (Phi) is 3.78. The fourth-order valence-corrected chi connectivity index (χ4v) is 1.81. The first-order valence-electron chi connectivity index (χ1n) is 6.56. The molecule has 0 aliphatic heterocycles. The van der Waals surface area contributed by atoms with Gasteiger partial charge in [0.1, 0.15) is 25.3 Å². The smallest absolute Gasteiger partial charge is 0.306 e. The van der Waals surface area contributed by atoms with E-state index in [4.69, 9.17) is 0 Å². The molecule has 3 aromatic rings. The van der Waals surface area contributed by atoms with Crippen LogP contribution in [0.15, 0.2) is 43.5 Å². The van der Waals surface area contributed by atoms with E-state index < -0.39 is 12.1 Å². The molecule has 0 spiro atoms. The summed E-state index contributed by atoms with van der Waals surface area (Å²) in [5, 5.41) is 12.8. The standard InChI is InChI=1S/C13H12N8O2/c1-9-2-3-10(18-12(22)20-7-14-5-16-20)4-11(9)19-13(23)21-8-15-6-17-21/h2-8H,1H3,(H,18,22)(H,19,23). The van der Waals surface area contributed by atoms with E-state index >= 15 is 0 Å². The van der Waals surface area contributed by atoms with Gasteiger partial charge in [0.2, 0.25) is 0 Å².